The van der Waals surface area contributed by atoms with E-state index in [2.05, 4.69) is 37.2 Å². The van der Waals surface area contributed by atoms with Crippen LogP contribution in [0.3, 0.4) is 0 Å². The summed E-state index contributed by atoms with van der Waals surface area (Å²) < 4.78 is 0. The summed E-state index contributed by atoms with van der Waals surface area (Å²) in [5.74, 6) is 11.2. The van der Waals surface area contributed by atoms with E-state index in [0.29, 0.717) is 0 Å². The van der Waals surface area contributed by atoms with Gasteiger partial charge in [-0.15, -0.1) is 0 Å². The Labute approximate surface area is 82.4 Å². The predicted molar refractivity (Wildman–Crippen MR) is 59.1 cm³/mol. The van der Waals surface area contributed by atoms with Gasteiger partial charge in [-0.1, -0.05) is 51.0 Å². The summed E-state index contributed by atoms with van der Waals surface area (Å²) in [5.41, 5.74) is 0. The normalized spacial score (nSPS) is 7.77. The molecule has 0 rings (SSSR count). The third kappa shape index (κ3) is 10.9. The number of hydrogen-bond donors (Lipinski definition) is 0. The lowest BCUT2D eigenvalue weighted by molar-refractivity contribution is 0.641. The van der Waals surface area contributed by atoms with Crippen molar-refractivity contribution in [2.45, 2.75) is 45.4 Å². The van der Waals surface area contributed by atoms with Gasteiger partial charge in [0, 0.05) is 6.42 Å². The molecule has 0 heterocycles. The maximum Gasteiger partial charge on any atom is 0.00989 e. The molecule has 0 atom stereocenters. The van der Waals surface area contributed by atoms with Crippen molar-refractivity contribution >= 4 is 0 Å². The van der Waals surface area contributed by atoms with Gasteiger partial charge in [0.1, 0.15) is 0 Å². The summed E-state index contributed by atoms with van der Waals surface area (Å²) in [7, 11) is 0. The molecule has 0 bridgehead atoms. The van der Waals surface area contributed by atoms with Crippen LogP contribution in [0.4, 0.5) is 0 Å². The fourth-order valence-electron chi connectivity index (χ4n) is 1.01. The third-order valence-electron chi connectivity index (χ3n) is 1.73. The van der Waals surface area contributed by atoms with Crippen LogP contribution in [0.2, 0.25) is 0 Å². The van der Waals surface area contributed by atoms with E-state index in [1.54, 1.807) is 6.08 Å². The molecule has 70 valence electrons. The SMILES string of the molecule is C=CC#CC#CCCCCCCC. The number of unbranched alkanes of at least 4 members (excludes halogenated alkanes) is 5. The Morgan fingerprint density at radius 3 is 2.54 bits per heavy atom. The van der Waals surface area contributed by atoms with Gasteiger partial charge in [0.05, 0.1) is 0 Å². The van der Waals surface area contributed by atoms with E-state index < -0.39 is 0 Å². The van der Waals surface area contributed by atoms with Crippen LogP contribution in [0.25, 0.3) is 0 Å². The van der Waals surface area contributed by atoms with E-state index in [4.69, 9.17) is 0 Å². The molecule has 0 heteroatoms. The minimum atomic E-state index is 0.982. The molecule has 0 aliphatic rings. The van der Waals surface area contributed by atoms with Crippen LogP contribution in [0, 0.1) is 23.7 Å². The van der Waals surface area contributed by atoms with Gasteiger partial charge in [0.25, 0.3) is 0 Å². The quantitative estimate of drug-likeness (QED) is 0.442. The van der Waals surface area contributed by atoms with Gasteiger partial charge in [0.2, 0.25) is 0 Å². The molecule has 0 fully saturated rings. The second-order valence-electron chi connectivity index (χ2n) is 2.94. The molecule has 0 saturated heterocycles. The minimum Gasteiger partial charge on any atom is -0.0906 e. The second kappa shape index (κ2) is 10.9. The zero-order valence-corrected chi connectivity index (χ0v) is 8.53. The highest BCUT2D eigenvalue weighted by Crippen LogP contribution is 2.03. The highest BCUT2D eigenvalue weighted by Gasteiger charge is 1.85. The molecular weight excluding hydrogens is 156 g/mol. The maximum atomic E-state index is 3.49. The van der Waals surface area contributed by atoms with Gasteiger partial charge in [-0.3, -0.25) is 0 Å². The molecular formula is C13H18. The Morgan fingerprint density at radius 1 is 1.08 bits per heavy atom. The van der Waals surface area contributed by atoms with Crippen molar-refractivity contribution in [1.29, 1.82) is 0 Å². The van der Waals surface area contributed by atoms with Crippen molar-refractivity contribution in [3.63, 3.8) is 0 Å². The number of allylic oxidation sites excluding steroid dienone is 1. The minimum absolute atomic E-state index is 0.982. The maximum absolute atomic E-state index is 3.49. The summed E-state index contributed by atoms with van der Waals surface area (Å²) in [5, 5.41) is 0. The first kappa shape index (κ1) is 11.9. The van der Waals surface area contributed by atoms with Crippen LogP contribution in [0.5, 0.6) is 0 Å². The van der Waals surface area contributed by atoms with Crippen LogP contribution < -0.4 is 0 Å². The summed E-state index contributed by atoms with van der Waals surface area (Å²) >= 11 is 0. The molecule has 0 spiro atoms. The lowest BCUT2D eigenvalue weighted by Crippen LogP contribution is -1.75. The number of rotatable bonds is 5. The molecule has 0 aromatic rings. The van der Waals surface area contributed by atoms with Crippen molar-refractivity contribution in [3.8, 4) is 23.7 Å². The van der Waals surface area contributed by atoms with Crippen molar-refractivity contribution in [3.05, 3.63) is 12.7 Å². The predicted octanol–water partition coefficient (Wildman–Crippen LogP) is 3.54. The first-order valence-corrected chi connectivity index (χ1v) is 5.01. The molecule has 0 unspecified atom stereocenters. The van der Waals surface area contributed by atoms with Gasteiger partial charge in [-0.25, -0.2) is 0 Å². The Kier molecular flexibility index (Phi) is 9.91. The average molecular weight is 174 g/mol. The first-order valence-electron chi connectivity index (χ1n) is 5.01. The Balaban J connectivity index is 3.22. The highest BCUT2D eigenvalue weighted by atomic mass is 13.9. The summed E-state index contributed by atoms with van der Waals surface area (Å²) in [6, 6.07) is 0. The molecule has 13 heavy (non-hydrogen) atoms. The summed E-state index contributed by atoms with van der Waals surface area (Å²) in [6.07, 6.45) is 9.06. The van der Waals surface area contributed by atoms with Crippen LogP contribution in [-0.2, 0) is 0 Å². The van der Waals surface area contributed by atoms with Crippen molar-refractivity contribution in [2.75, 3.05) is 0 Å². The molecule has 0 saturated carbocycles. The Hall–Kier alpha value is -1.14. The zero-order chi connectivity index (χ0) is 9.78. The van der Waals surface area contributed by atoms with E-state index >= 15 is 0 Å². The average Bonchev–Trinajstić information content (AvgIpc) is 2.16. The van der Waals surface area contributed by atoms with Crippen LogP contribution in [0.15, 0.2) is 12.7 Å². The summed E-state index contributed by atoms with van der Waals surface area (Å²) in [4.78, 5) is 0. The molecule has 0 radical (unpaired) electrons. The van der Waals surface area contributed by atoms with Gasteiger partial charge >= 0.3 is 0 Å². The smallest absolute Gasteiger partial charge is 0.00989 e. The Bertz CT molecular complexity index is 226. The van der Waals surface area contributed by atoms with Crippen LogP contribution in [-0.4, -0.2) is 0 Å². The highest BCUT2D eigenvalue weighted by molar-refractivity contribution is 5.29. The van der Waals surface area contributed by atoms with Crippen molar-refractivity contribution < 1.29 is 0 Å². The molecule has 0 aromatic carbocycles. The molecule has 0 amide bonds. The second-order valence-corrected chi connectivity index (χ2v) is 2.94. The van der Waals surface area contributed by atoms with E-state index in [0.717, 1.165) is 6.42 Å². The van der Waals surface area contributed by atoms with Crippen LogP contribution in [0.1, 0.15) is 45.4 Å². The van der Waals surface area contributed by atoms with Gasteiger partial charge in [-0.05, 0) is 24.3 Å². The van der Waals surface area contributed by atoms with E-state index in [1.165, 1.54) is 32.1 Å². The van der Waals surface area contributed by atoms with Crippen LogP contribution >= 0.6 is 0 Å². The lowest BCUT2D eigenvalue weighted by Gasteiger charge is -1.93. The molecule has 0 nitrogen and oxygen atoms in total. The summed E-state index contributed by atoms with van der Waals surface area (Å²) in [6.45, 7) is 5.71. The monoisotopic (exact) mass is 174 g/mol. The first-order chi connectivity index (χ1) is 6.41. The number of hydrogen-bond acceptors (Lipinski definition) is 0. The fraction of sp³-hybridized carbons (Fsp3) is 0.538. The molecule has 0 aliphatic heterocycles. The van der Waals surface area contributed by atoms with Gasteiger partial charge in [-0.2, -0.15) is 0 Å². The third-order valence-corrected chi connectivity index (χ3v) is 1.73. The van der Waals surface area contributed by atoms with Crippen molar-refractivity contribution in [2.24, 2.45) is 0 Å². The van der Waals surface area contributed by atoms with Gasteiger partial charge < -0.3 is 0 Å². The van der Waals surface area contributed by atoms with E-state index in [9.17, 15) is 0 Å². The Morgan fingerprint density at radius 2 is 1.85 bits per heavy atom. The molecule has 0 aromatic heterocycles. The lowest BCUT2D eigenvalue weighted by atomic mass is 10.1. The standard InChI is InChI=1S/C13H18/c1-3-5-7-9-11-13-12-10-8-6-4-2/h3H,1,4,6,8,10,12-13H2,2H3. The molecule has 0 N–H and O–H groups in total. The zero-order valence-electron chi connectivity index (χ0n) is 8.53. The van der Waals surface area contributed by atoms with Crippen molar-refractivity contribution in [1.82, 2.24) is 0 Å². The topological polar surface area (TPSA) is 0 Å². The van der Waals surface area contributed by atoms with E-state index in [-0.39, 0.29) is 0 Å². The largest absolute Gasteiger partial charge is 0.0906 e. The fourth-order valence-corrected chi connectivity index (χ4v) is 1.01. The van der Waals surface area contributed by atoms with Gasteiger partial charge in [0.15, 0.2) is 0 Å². The van der Waals surface area contributed by atoms with E-state index in [1.807, 2.05) is 0 Å². The molecule has 0 aliphatic carbocycles.